The predicted molar refractivity (Wildman–Crippen MR) is 74.3 cm³/mol. The average molecular weight is 306 g/mol. The monoisotopic (exact) mass is 305 g/mol. The molecule has 0 amide bonds. The van der Waals surface area contributed by atoms with E-state index in [0.717, 1.165) is 19.6 Å². The minimum atomic E-state index is 0.299. The van der Waals surface area contributed by atoms with E-state index in [1.165, 1.54) is 9.35 Å². The number of likely N-dealkylation sites (N-methyl/N-ethyl adjacent to an activating group) is 1. The van der Waals surface area contributed by atoms with Gasteiger partial charge in [-0.15, -0.1) is 11.3 Å². The lowest BCUT2D eigenvalue weighted by molar-refractivity contribution is 0.0617. The van der Waals surface area contributed by atoms with Gasteiger partial charge in [-0.05, 0) is 47.8 Å². The van der Waals surface area contributed by atoms with Crippen LogP contribution >= 0.6 is 27.3 Å². The molecule has 1 aromatic heterocycles. The fourth-order valence-corrected chi connectivity index (χ4v) is 3.08. The minimum absolute atomic E-state index is 0.299. The molecule has 0 radical (unpaired) electrons. The second kappa shape index (κ2) is 7.43. The van der Waals surface area contributed by atoms with Crippen molar-refractivity contribution in [2.24, 2.45) is 0 Å². The van der Waals surface area contributed by atoms with Crippen LogP contribution in [0.2, 0.25) is 0 Å². The summed E-state index contributed by atoms with van der Waals surface area (Å²) in [4.78, 5) is 1.39. The highest BCUT2D eigenvalue weighted by Gasteiger charge is 2.12. The van der Waals surface area contributed by atoms with Gasteiger partial charge in [0.2, 0.25) is 0 Å². The van der Waals surface area contributed by atoms with Crippen molar-refractivity contribution in [3.05, 3.63) is 20.8 Å². The number of nitrogens with one attached hydrogen (secondary N) is 1. The molecule has 0 aliphatic carbocycles. The van der Waals surface area contributed by atoms with Crippen LogP contribution < -0.4 is 5.32 Å². The molecule has 0 aliphatic rings. The molecule has 4 heteroatoms. The van der Waals surface area contributed by atoms with Crippen LogP contribution in [0.3, 0.4) is 0 Å². The summed E-state index contributed by atoms with van der Waals surface area (Å²) in [6.45, 7) is 8.03. The van der Waals surface area contributed by atoms with E-state index in [9.17, 15) is 0 Å². The summed E-state index contributed by atoms with van der Waals surface area (Å²) in [5, 5.41) is 5.58. The lowest BCUT2D eigenvalue weighted by Gasteiger charge is -2.19. The largest absolute Gasteiger partial charge is 0.377 e. The van der Waals surface area contributed by atoms with Crippen LogP contribution in [0.25, 0.3) is 0 Å². The molecule has 0 saturated heterocycles. The topological polar surface area (TPSA) is 21.3 Å². The van der Waals surface area contributed by atoms with E-state index >= 15 is 0 Å². The van der Waals surface area contributed by atoms with Crippen LogP contribution in [0.1, 0.15) is 25.6 Å². The standard InChI is InChI=1S/C12H20BrNOS/c1-4-14-10(8-15-9(2)3)7-12-11(13)5-6-16-12/h5-6,9-10,14H,4,7-8H2,1-3H3. The van der Waals surface area contributed by atoms with Crippen LogP contribution in [0.15, 0.2) is 15.9 Å². The number of rotatable bonds is 7. The molecular weight excluding hydrogens is 286 g/mol. The molecule has 1 unspecified atom stereocenters. The van der Waals surface area contributed by atoms with Gasteiger partial charge in [-0.1, -0.05) is 6.92 Å². The molecule has 0 spiro atoms. The highest BCUT2D eigenvalue weighted by molar-refractivity contribution is 9.10. The zero-order valence-electron chi connectivity index (χ0n) is 10.1. The van der Waals surface area contributed by atoms with Crippen LogP contribution in [-0.4, -0.2) is 25.3 Å². The Morgan fingerprint density at radius 2 is 2.25 bits per heavy atom. The number of halogens is 1. The zero-order chi connectivity index (χ0) is 12.0. The number of ether oxygens (including phenoxy) is 1. The van der Waals surface area contributed by atoms with Crippen molar-refractivity contribution in [2.45, 2.75) is 39.3 Å². The van der Waals surface area contributed by atoms with E-state index in [2.05, 4.69) is 53.5 Å². The molecule has 1 heterocycles. The summed E-state index contributed by atoms with van der Waals surface area (Å²) < 4.78 is 6.88. The fraction of sp³-hybridized carbons (Fsp3) is 0.667. The Balaban J connectivity index is 2.47. The fourth-order valence-electron chi connectivity index (χ4n) is 1.48. The number of hydrogen-bond donors (Lipinski definition) is 1. The Morgan fingerprint density at radius 3 is 2.75 bits per heavy atom. The van der Waals surface area contributed by atoms with Crippen molar-refractivity contribution in [3.8, 4) is 0 Å². The van der Waals surface area contributed by atoms with Crippen LogP contribution in [-0.2, 0) is 11.2 Å². The number of thiophene rings is 1. The minimum Gasteiger partial charge on any atom is -0.377 e. The van der Waals surface area contributed by atoms with Gasteiger partial charge in [0.25, 0.3) is 0 Å². The molecule has 92 valence electrons. The van der Waals surface area contributed by atoms with E-state index in [1.54, 1.807) is 11.3 Å². The maximum Gasteiger partial charge on any atom is 0.0626 e. The van der Waals surface area contributed by atoms with E-state index in [0.29, 0.717) is 12.1 Å². The van der Waals surface area contributed by atoms with Crippen molar-refractivity contribution in [2.75, 3.05) is 13.2 Å². The molecule has 0 aromatic carbocycles. The second-order valence-corrected chi connectivity index (χ2v) is 5.89. The molecule has 1 atom stereocenters. The second-order valence-electron chi connectivity index (χ2n) is 4.03. The maximum atomic E-state index is 5.67. The maximum absolute atomic E-state index is 5.67. The summed E-state index contributed by atoms with van der Waals surface area (Å²) in [5.41, 5.74) is 0. The van der Waals surface area contributed by atoms with E-state index < -0.39 is 0 Å². The van der Waals surface area contributed by atoms with Gasteiger partial charge in [-0.2, -0.15) is 0 Å². The Bertz CT molecular complexity index is 301. The van der Waals surface area contributed by atoms with Crippen LogP contribution in [0.5, 0.6) is 0 Å². The highest BCUT2D eigenvalue weighted by atomic mass is 79.9. The van der Waals surface area contributed by atoms with E-state index in [-0.39, 0.29) is 0 Å². The third-order valence-electron chi connectivity index (χ3n) is 2.25. The van der Waals surface area contributed by atoms with Crippen molar-refractivity contribution in [1.29, 1.82) is 0 Å². The third kappa shape index (κ3) is 4.95. The zero-order valence-corrected chi connectivity index (χ0v) is 12.5. The summed E-state index contributed by atoms with van der Waals surface area (Å²) >= 11 is 5.36. The van der Waals surface area contributed by atoms with Crippen molar-refractivity contribution in [1.82, 2.24) is 5.32 Å². The molecule has 16 heavy (non-hydrogen) atoms. The summed E-state index contributed by atoms with van der Waals surface area (Å²) in [7, 11) is 0. The van der Waals surface area contributed by atoms with Gasteiger partial charge < -0.3 is 10.1 Å². The highest BCUT2D eigenvalue weighted by Crippen LogP contribution is 2.24. The first-order chi connectivity index (χ1) is 7.63. The molecular formula is C12H20BrNOS. The van der Waals surface area contributed by atoms with Crippen LogP contribution in [0.4, 0.5) is 0 Å². The third-order valence-corrected chi connectivity index (χ3v) is 4.20. The van der Waals surface area contributed by atoms with Gasteiger partial charge in [0.15, 0.2) is 0 Å². The molecule has 0 bridgehead atoms. The molecule has 0 aliphatic heterocycles. The van der Waals surface area contributed by atoms with E-state index in [1.807, 2.05) is 0 Å². The van der Waals surface area contributed by atoms with Gasteiger partial charge in [-0.3, -0.25) is 0 Å². The van der Waals surface area contributed by atoms with Crippen molar-refractivity contribution >= 4 is 27.3 Å². The Morgan fingerprint density at radius 1 is 1.50 bits per heavy atom. The lowest BCUT2D eigenvalue weighted by atomic mass is 10.2. The smallest absolute Gasteiger partial charge is 0.0626 e. The normalized spacial score (nSPS) is 13.3. The Kier molecular flexibility index (Phi) is 6.58. The van der Waals surface area contributed by atoms with Gasteiger partial charge >= 0.3 is 0 Å². The van der Waals surface area contributed by atoms with E-state index in [4.69, 9.17) is 4.74 Å². The molecule has 2 nitrogen and oxygen atoms in total. The first-order valence-corrected chi connectivity index (χ1v) is 7.37. The number of hydrogen-bond acceptors (Lipinski definition) is 3. The Hall–Kier alpha value is 0.100. The van der Waals surface area contributed by atoms with Gasteiger partial charge in [0.05, 0.1) is 12.7 Å². The lowest BCUT2D eigenvalue weighted by Crippen LogP contribution is -2.36. The summed E-state index contributed by atoms with van der Waals surface area (Å²) in [6, 6.07) is 2.51. The Labute approximate surface area is 111 Å². The quantitative estimate of drug-likeness (QED) is 0.833. The molecule has 0 saturated carbocycles. The van der Waals surface area contributed by atoms with Gasteiger partial charge in [0, 0.05) is 21.8 Å². The SMILES string of the molecule is CCNC(COC(C)C)Cc1sccc1Br. The molecule has 0 fully saturated rings. The summed E-state index contributed by atoms with van der Waals surface area (Å²) in [5.74, 6) is 0. The van der Waals surface area contributed by atoms with Gasteiger partial charge in [-0.25, -0.2) is 0 Å². The average Bonchev–Trinajstić information content (AvgIpc) is 2.61. The first-order valence-electron chi connectivity index (χ1n) is 5.70. The van der Waals surface area contributed by atoms with Crippen molar-refractivity contribution in [3.63, 3.8) is 0 Å². The summed E-state index contributed by atoms with van der Waals surface area (Å²) in [6.07, 6.45) is 1.33. The van der Waals surface area contributed by atoms with Gasteiger partial charge in [0.1, 0.15) is 0 Å². The predicted octanol–water partition coefficient (Wildman–Crippen LogP) is 3.46. The molecule has 1 aromatic rings. The van der Waals surface area contributed by atoms with Crippen LogP contribution in [0, 0.1) is 0 Å². The molecule has 1 rings (SSSR count). The first kappa shape index (κ1) is 14.2. The molecule has 1 N–H and O–H groups in total. The van der Waals surface area contributed by atoms with Crippen molar-refractivity contribution < 1.29 is 4.74 Å².